The first-order valence-electron chi connectivity index (χ1n) is 5.37. The van der Waals surface area contributed by atoms with E-state index in [2.05, 4.69) is 4.98 Å². The van der Waals surface area contributed by atoms with Crippen LogP contribution in [-0.2, 0) is 21.4 Å². The van der Waals surface area contributed by atoms with Crippen molar-refractivity contribution in [2.45, 2.75) is 26.3 Å². The van der Waals surface area contributed by atoms with Gasteiger partial charge in [-0.2, -0.15) is 4.31 Å². The van der Waals surface area contributed by atoms with Crippen LogP contribution in [0.15, 0.2) is 5.51 Å². The number of thiazole rings is 1. The van der Waals surface area contributed by atoms with Crippen LogP contribution in [-0.4, -0.2) is 41.6 Å². The molecule has 0 aliphatic rings. The van der Waals surface area contributed by atoms with E-state index in [1.807, 2.05) is 6.92 Å². The molecule has 0 amide bonds. The molecule has 6 nitrogen and oxygen atoms in total. The number of carbonyl (C=O) groups is 1. The topological polar surface area (TPSA) is 87.6 Å². The van der Waals surface area contributed by atoms with E-state index < -0.39 is 16.0 Å². The largest absolute Gasteiger partial charge is 0.481 e. The van der Waals surface area contributed by atoms with E-state index in [-0.39, 0.29) is 25.1 Å². The lowest BCUT2D eigenvalue weighted by molar-refractivity contribution is -0.137. The summed E-state index contributed by atoms with van der Waals surface area (Å²) in [5.74, 6) is -1.13. The number of aliphatic carboxylic acids is 1. The number of nitrogens with zero attached hydrogens (tertiary/aromatic N) is 2. The zero-order valence-electron chi connectivity index (χ0n) is 10.3. The summed E-state index contributed by atoms with van der Waals surface area (Å²) in [6.07, 6.45) is -0.00364. The maximum absolute atomic E-state index is 11.9. The van der Waals surface area contributed by atoms with E-state index in [0.29, 0.717) is 0 Å². The molecule has 102 valence electrons. The highest BCUT2D eigenvalue weighted by atomic mass is 32.2. The molecule has 1 rings (SSSR count). The van der Waals surface area contributed by atoms with Gasteiger partial charge in [-0.3, -0.25) is 4.79 Å². The predicted octanol–water partition coefficient (Wildman–Crippen LogP) is 1.08. The first kappa shape index (κ1) is 15.1. The maximum atomic E-state index is 11.9. The van der Waals surface area contributed by atoms with Crippen molar-refractivity contribution in [2.24, 2.45) is 0 Å². The fourth-order valence-electron chi connectivity index (χ4n) is 1.34. The normalized spacial score (nSPS) is 11.9. The molecule has 0 saturated carbocycles. The first-order valence-corrected chi connectivity index (χ1v) is 7.86. The first-order chi connectivity index (χ1) is 8.33. The summed E-state index contributed by atoms with van der Waals surface area (Å²) in [5.41, 5.74) is 2.50. The molecule has 0 aliphatic heterocycles. The van der Waals surface area contributed by atoms with E-state index in [0.717, 1.165) is 10.6 Å². The zero-order chi connectivity index (χ0) is 13.8. The number of rotatable bonds is 7. The predicted molar refractivity (Wildman–Crippen MR) is 69.0 cm³/mol. The van der Waals surface area contributed by atoms with Crippen LogP contribution in [0.4, 0.5) is 0 Å². The Morgan fingerprint density at radius 2 is 2.22 bits per heavy atom. The van der Waals surface area contributed by atoms with Crippen molar-refractivity contribution in [2.75, 3.05) is 12.8 Å². The molecule has 0 spiro atoms. The summed E-state index contributed by atoms with van der Waals surface area (Å²) in [4.78, 5) is 15.3. The van der Waals surface area contributed by atoms with Gasteiger partial charge in [-0.15, -0.1) is 11.3 Å². The van der Waals surface area contributed by atoms with Crippen LogP contribution >= 0.6 is 11.3 Å². The zero-order valence-corrected chi connectivity index (χ0v) is 11.9. The fraction of sp³-hybridized carbons (Fsp3) is 0.600. The van der Waals surface area contributed by atoms with Crippen LogP contribution < -0.4 is 0 Å². The van der Waals surface area contributed by atoms with E-state index in [1.165, 1.54) is 22.7 Å². The molecule has 0 atom stereocenters. The summed E-state index contributed by atoms with van der Waals surface area (Å²) in [5, 5.41) is 8.48. The summed E-state index contributed by atoms with van der Waals surface area (Å²) in [6.45, 7) is 2.11. The van der Waals surface area contributed by atoms with Gasteiger partial charge in [0.25, 0.3) is 0 Å². The second-order valence-electron chi connectivity index (χ2n) is 3.93. The Balaban J connectivity index is 2.57. The van der Waals surface area contributed by atoms with E-state index in [1.54, 1.807) is 5.51 Å². The molecule has 1 aromatic rings. The van der Waals surface area contributed by atoms with Gasteiger partial charge < -0.3 is 5.11 Å². The van der Waals surface area contributed by atoms with Crippen molar-refractivity contribution < 1.29 is 18.3 Å². The van der Waals surface area contributed by atoms with Crippen LogP contribution in [0.25, 0.3) is 0 Å². The summed E-state index contributed by atoms with van der Waals surface area (Å²) in [6, 6.07) is 0. The highest BCUT2D eigenvalue weighted by Gasteiger charge is 2.19. The van der Waals surface area contributed by atoms with Crippen molar-refractivity contribution in [3.63, 3.8) is 0 Å². The van der Waals surface area contributed by atoms with Gasteiger partial charge >= 0.3 is 5.97 Å². The van der Waals surface area contributed by atoms with Crippen LogP contribution in [0.5, 0.6) is 0 Å². The average Bonchev–Trinajstić information content (AvgIpc) is 2.63. The van der Waals surface area contributed by atoms with Crippen LogP contribution in [0.3, 0.4) is 0 Å². The molecule has 0 saturated heterocycles. The van der Waals surface area contributed by atoms with Crippen LogP contribution in [0.1, 0.15) is 23.4 Å². The van der Waals surface area contributed by atoms with Gasteiger partial charge in [0.2, 0.25) is 10.0 Å². The third-order valence-electron chi connectivity index (χ3n) is 2.48. The third kappa shape index (κ3) is 4.35. The number of hydrogen-bond acceptors (Lipinski definition) is 5. The van der Waals surface area contributed by atoms with Crippen LogP contribution in [0, 0.1) is 6.92 Å². The second kappa shape index (κ2) is 6.26. The van der Waals surface area contributed by atoms with Crippen molar-refractivity contribution in [3.05, 3.63) is 16.1 Å². The van der Waals surface area contributed by atoms with Gasteiger partial charge in [0, 0.05) is 24.9 Å². The Hall–Kier alpha value is -0.990. The minimum atomic E-state index is -3.40. The van der Waals surface area contributed by atoms with Gasteiger partial charge in [0.05, 0.1) is 17.0 Å². The molecule has 0 aromatic carbocycles. The van der Waals surface area contributed by atoms with Crippen molar-refractivity contribution >= 4 is 27.3 Å². The van der Waals surface area contributed by atoms with Gasteiger partial charge in [0.1, 0.15) is 0 Å². The number of carboxylic acids is 1. The number of aryl methyl sites for hydroxylation is 1. The number of carboxylic acid groups (broad SMARTS) is 1. The molecule has 0 bridgehead atoms. The quantitative estimate of drug-likeness (QED) is 0.812. The maximum Gasteiger partial charge on any atom is 0.303 e. The highest BCUT2D eigenvalue weighted by molar-refractivity contribution is 7.89. The Kier molecular flexibility index (Phi) is 5.24. The molecule has 18 heavy (non-hydrogen) atoms. The molecule has 1 heterocycles. The minimum absolute atomic E-state index is 0.129. The van der Waals surface area contributed by atoms with Crippen molar-refractivity contribution in [3.8, 4) is 0 Å². The standard InChI is InChI=1S/C10H16N2O4S2/c1-8-9(17-7-11-8)6-12(2)18(15,16)5-3-4-10(13)14/h7H,3-6H2,1-2H3,(H,13,14). The van der Waals surface area contributed by atoms with Crippen molar-refractivity contribution in [1.82, 2.24) is 9.29 Å². The average molecular weight is 292 g/mol. The smallest absolute Gasteiger partial charge is 0.303 e. The molecular formula is C10H16N2O4S2. The van der Waals surface area contributed by atoms with E-state index in [4.69, 9.17) is 5.11 Å². The molecule has 1 aromatic heterocycles. The number of sulfonamides is 1. The Morgan fingerprint density at radius 3 is 2.72 bits per heavy atom. The number of aromatic nitrogens is 1. The SMILES string of the molecule is Cc1ncsc1CN(C)S(=O)(=O)CCCC(=O)O. The third-order valence-corrected chi connectivity index (χ3v) is 5.28. The summed E-state index contributed by atoms with van der Waals surface area (Å²) < 4.78 is 25.0. The Labute approximate surface area is 110 Å². The fourth-order valence-corrected chi connectivity index (χ4v) is 3.40. The van der Waals surface area contributed by atoms with Gasteiger partial charge in [-0.05, 0) is 13.3 Å². The highest BCUT2D eigenvalue weighted by Crippen LogP contribution is 2.16. The van der Waals surface area contributed by atoms with E-state index >= 15 is 0 Å². The number of hydrogen-bond donors (Lipinski definition) is 1. The molecule has 0 radical (unpaired) electrons. The lowest BCUT2D eigenvalue weighted by atomic mass is 10.3. The Morgan fingerprint density at radius 1 is 1.56 bits per heavy atom. The summed E-state index contributed by atoms with van der Waals surface area (Å²) >= 11 is 1.41. The molecular weight excluding hydrogens is 276 g/mol. The Bertz CT molecular complexity index is 510. The summed E-state index contributed by atoms with van der Waals surface area (Å²) in [7, 11) is -1.90. The van der Waals surface area contributed by atoms with Gasteiger partial charge in [-0.25, -0.2) is 13.4 Å². The lowest BCUT2D eigenvalue weighted by Crippen LogP contribution is -2.29. The van der Waals surface area contributed by atoms with Gasteiger partial charge in [0.15, 0.2) is 0 Å². The molecule has 0 aliphatic carbocycles. The molecule has 8 heteroatoms. The second-order valence-corrected chi connectivity index (χ2v) is 7.07. The lowest BCUT2D eigenvalue weighted by Gasteiger charge is -2.16. The van der Waals surface area contributed by atoms with Crippen molar-refractivity contribution in [1.29, 1.82) is 0 Å². The van der Waals surface area contributed by atoms with Crippen LogP contribution in [0.2, 0.25) is 0 Å². The minimum Gasteiger partial charge on any atom is -0.481 e. The molecule has 0 fully saturated rings. The molecule has 1 N–H and O–H groups in total. The van der Waals surface area contributed by atoms with Gasteiger partial charge in [-0.1, -0.05) is 0 Å². The van der Waals surface area contributed by atoms with E-state index in [9.17, 15) is 13.2 Å². The molecule has 0 unspecified atom stereocenters. The monoisotopic (exact) mass is 292 g/mol.